The Labute approximate surface area is 327 Å². The summed E-state index contributed by atoms with van der Waals surface area (Å²) in [5.74, 6) is -2.25. The van der Waals surface area contributed by atoms with E-state index in [-0.39, 0.29) is 11.8 Å². The molecule has 0 aliphatic heterocycles. The van der Waals surface area contributed by atoms with Crippen LogP contribution in [0.5, 0.6) is 0 Å². The number of hydrogen-bond acceptors (Lipinski definition) is 6. The quantitative estimate of drug-likeness (QED) is 0.0813. The summed E-state index contributed by atoms with van der Waals surface area (Å²) < 4.78 is 11.7. The molecule has 0 saturated heterocycles. The second-order valence-electron chi connectivity index (χ2n) is 13.3. The van der Waals surface area contributed by atoms with Crippen LogP contribution in [0.1, 0.15) is 73.6 Å². The zero-order chi connectivity index (χ0) is 37.9. The van der Waals surface area contributed by atoms with Crippen molar-refractivity contribution in [3.8, 4) is 22.3 Å². The predicted octanol–water partition coefficient (Wildman–Crippen LogP) is 11.5. The molecular weight excluding hydrogens is 715 g/mol. The van der Waals surface area contributed by atoms with Crippen molar-refractivity contribution in [1.82, 2.24) is 9.97 Å². The Morgan fingerprint density at radius 2 is 0.926 bits per heavy atom. The van der Waals surface area contributed by atoms with Crippen LogP contribution in [0.25, 0.3) is 22.3 Å². The van der Waals surface area contributed by atoms with Crippen molar-refractivity contribution in [2.75, 3.05) is 0 Å². The van der Waals surface area contributed by atoms with Crippen molar-refractivity contribution in [3.63, 3.8) is 0 Å². The molecule has 4 atom stereocenters. The molecule has 0 N–H and O–H groups in total. The lowest BCUT2D eigenvalue weighted by molar-refractivity contribution is -0.174. The number of aromatic nitrogens is 2. The zero-order valence-electron chi connectivity index (χ0n) is 30.3. The van der Waals surface area contributed by atoms with E-state index >= 15 is 0 Å². The van der Waals surface area contributed by atoms with E-state index in [1.807, 2.05) is 99.0 Å². The molecule has 4 aromatic carbocycles. The van der Waals surface area contributed by atoms with Gasteiger partial charge >= 0.3 is 11.9 Å². The molecule has 274 valence electrons. The average Bonchev–Trinajstić information content (AvgIpc) is 3.21. The van der Waals surface area contributed by atoms with Crippen molar-refractivity contribution < 1.29 is 19.1 Å². The number of ether oxygens (including phenoxy) is 2. The Kier molecular flexibility index (Phi) is 13.3. The number of benzene rings is 4. The SMILES string of the molecule is CCC(CC(c1ccc(-c2cccc(Cl)c2)cc1)c1cccnc1)OC(=O)C(=O)OC(CC)CC(c1ccc(-c2cccc(Cl)c2)cc1)c1cccnc1. The molecule has 6 rings (SSSR count). The minimum atomic E-state index is -0.995. The van der Waals surface area contributed by atoms with Gasteiger partial charge in [-0.1, -0.05) is 122 Å². The summed E-state index contributed by atoms with van der Waals surface area (Å²) in [5.41, 5.74) is 8.18. The number of nitrogens with zero attached hydrogens (tertiary/aromatic N) is 2. The molecule has 0 bridgehead atoms. The monoisotopic (exact) mass is 756 g/mol. The minimum absolute atomic E-state index is 0.130. The molecule has 0 spiro atoms. The minimum Gasteiger partial charge on any atom is -0.454 e. The van der Waals surface area contributed by atoms with Gasteiger partial charge in [0.25, 0.3) is 0 Å². The number of carbonyl (C=O) groups excluding carboxylic acids is 2. The highest BCUT2D eigenvalue weighted by molar-refractivity contribution is 6.31. The summed E-state index contributed by atoms with van der Waals surface area (Å²) >= 11 is 12.5. The molecule has 0 fully saturated rings. The van der Waals surface area contributed by atoms with E-state index in [9.17, 15) is 9.59 Å². The molecule has 6 aromatic rings. The number of carbonyl (C=O) groups is 2. The van der Waals surface area contributed by atoms with Crippen LogP contribution in [-0.2, 0) is 19.1 Å². The largest absolute Gasteiger partial charge is 0.454 e. The van der Waals surface area contributed by atoms with Crippen LogP contribution in [0.15, 0.2) is 146 Å². The highest BCUT2D eigenvalue weighted by atomic mass is 35.5. The number of esters is 2. The number of pyridine rings is 2. The van der Waals surface area contributed by atoms with Gasteiger partial charge in [-0.3, -0.25) is 9.97 Å². The lowest BCUT2D eigenvalue weighted by atomic mass is 9.86. The van der Waals surface area contributed by atoms with Crippen LogP contribution in [0.4, 0.5) is 0 Å². The molecule has 4 unspecified atom stereocenters. The topological polar surface area (TPSA) is 78.4 Å². The molecule has 0 saturated carbocycles. The van der Waals surface area contributed by atoms with E-state index in [0.717, 1.165) is 44.5 Å². The third-order valence-corrected chi connectivity index (χ3v) is 10.2. The summed E-state index contributed by atoms with van der Waals surface area (Å²) in [6, 6.07) is 39.8. The standard InChI is InChI=1S/C46H42Cl2N2O4/c1-3-41(27-43(37-11-7-23-49-29-37)33-19-15-31(16-20-33)35-9-5-13-39(47)25-35)53-45(51)46(52)54-42(4-2)28-44(38-12-8-24-50-30-38)34-21-17-32(18-22-34)36-10-6-14-40(48)26-36/h5-26,29-30,41-44H,3-4,27-28H2,1-2H3. The first-order valence-electron chi connectivity index (χ1n) is 18.2. The van der Waals surface area contributed by atoms with E-state index in [2.05, 4.69) is 58.5 Å². The normalized spacial score (nSPS) is 13.3. The predicted molar refractivity (Wildman–Crippen MR) is 216 cm³/mol. The van der Waals surface area contributed by atoms with Crippen LogP contribution < -0.4 is 0 Å². The summed E-state index contributed by atoms with van der Waals surface area (Å²) in [5, 5.41) is 1.35. The lowest BCUT2D eigenvalue weighted by Crippen LogP contribution is -2.30. The van der Waals surface area contributed by atoms with Crippen molar-refractivity contribution in [1.29, 1.82) is 0 Å². The molecular formula is C46H42Cl2N2O4. The van der Waals surface area contributed by atoms with Crippen LogP contribution in [0.3, 0.4) is 0 Å². The van der Waals surface area contributed by atoms with Gasteiger partial charge in [0.1, 0.15) is 12.2 Å². The van der Waals surface area contributed by atoms with Gasteiger partial charge in [0.2, 0.25) is 0 Å². The van der Waals surface area contributed by atoms with Gasteiger partial charge in [-0.2, -0.15) is 0 Å². The van der Waals surface area contributed by atoms with E-state index in [0.29, 0.717) is 35.7 Å². The van der Waals surface area contributed by atoms with Crippen LogP contribution in [-0.4, -0.2) is 34.1 Å². The van der Waals surface area contributed by atoms with E-state index in [4.69, 9.17) is 32.7 Å². The fraction of sp³-hybridized carbons (Fsp3) is 0.217. The molecule has 2 heterocycles. The van der Waals surface area contributed by atoms with Gasteiger partial charge < -0.3 is 9.47 Å². The van der Waals surface area contributed by atoms with E-state index in [1.165, 1.54) is 0 Å². The van der Waals surface area contributed by atoms with Crippen molar-refractivity contribution >= 4 is 35.1 Å². The highest BCUT2D eigenvalue weighted by Gasteiger charge is 2.29. The summed E-state index contributed by atoms with van der Waals surface area (Å²) in [6.45, 7) is 3.88. The number of halogens is 2. The van der Waals surface area contributed by atoms with Crippen LogP contribution >= 0.6 is 23.2 Å². The second-order valence-corrected chi connectivity index (χ2v) is 14.2. The molecule has 0 aliphatic rings. The first-order chi connectivity index (χ1) is 26.3. The lowest BCUT2D eigenvalue weighted by Gasteiger charge is -2.25. The Bertz CT molecular complexity index is 1970. The molecule has 8 heteroatoms. The smallest absolute Gasteiger partial charge is 0.417 e. The Balaban J connectivity index is 1.14. The van der Waals surface area contributed by atoms with Gasteiger partial charge in [-0.25, -0.2) is 9.59 Å². The Morgan fingerprint density at radius 1 is 0.519 bits per heavy atom. The molecule has 2 aromatic heterocycles. The van der Waals surface area contributed by atoms with Crippen LogP contribution in [0, 0.1) is 0 Å². The Hall–Kier alpha value is -5.30. The van der Waals surface area contributed by atoms with Crippen LogP contribution in [0.2, 0.25) is 10.0 Å². The van der Waals surface area contributed by atoms with Gasteiger partial charge in [0.15, 0.2) is 0 Å². The van der Waals surface area contributed by atoms with Crippen molar-refractivity contribution in [2.24, 2.45) is 0 Å². The van der Waals surface area contributed by atoms with Gasteiger partial charge in [-0.05, 0) is 107 Å². The average molecular weight is 758 g/mol. The fourth-order valence-electron chi connectivity index (χ4n) is 6.77. The third kappa shape index (κ3) is 10.0. The maximum Gasteiger partial charge on any atom is 0.417 e. The number of rotatable bonds is 14. The van der Waals surface area contributed by atoms with Crippen molar-refractivity contribution in [3.05, 3.63) is 178 Å². The molecule has 0 amide bonds. The molecule has 54 heavy (non-hydrogen) atoms. The maximum atomic E-state index is 13.3. The molecule has 6 nitrogen and oxygen atoms in total. The summed E-state index contributed by atoms with van der Waals surface area (Å²) in [6.07, 6.45) is 8.00. The first-order valence-corrected chi connectivity index (χ1v) is 19.0. The summed E-state index contributed by atoms with van der Waals surface area (Å²) in [4.78, 5) is 35.4. The second kappa shape index (κ2) is 18.6. The first kappa shape index (κ1) is 38.4. The van der Waals surface area contributed by atoms with Crippen molar-refractivity contribution in [2.45, 2.75) is 63.6 Å². The summed E-state index contributed by atoms with van der Waals surface area (Å²) in [7, 11) is 0. The number of hydrogen-bond donors (Lipinski definition) is 0. The molecule has 0 aliphatic carbocycles. The molecule has 0 radical (unpaired) electrons. The third-order valence-electron chi connectivity index (χ3n) is 9.74. The maximum absolute atomic E-state index is 13.3. The van der Waals surface area contributed by atoms with Gasteiger partial charge in [0, 0.05) is 46.7 Å². The van der Waals surface area contributed by atoms with E-state index < -0.39 is 24.1 Å². The highest BCUT2D eigenvalue weighted by Crippen LogP contribution is 2.34. The Morgan fingerprint density at radius 3 is 1.26 bits per heavy atom. The van der Waals surface area contributed by atoms with E-state index in [1.54, 1.807) is 12.4 Å². The zero-order valence-corrected chi connectivity index (χ0v) is 31.8. The van der Waals surface area contributed by atoms with Gasteiger partial charge in [-0.15, -0.1) is 0 Å². The van der Waals surface area contributed by atoms with Gasteiger partial charge in [0.05, 0.1) is 0 Å². The fourth-order valence-corrected chi connectivity index (χ4v) is 7.15.